The predicted molar refractivity (Wildman–Crippen MR) is 93.3 cm³/mol. The van der Waals surface area contributed by atoms with E-state index in [2.05, 4.69) is 29.0 Å². The first kappa shape index (κ1) is 17.2. The maximum atomic E-state index is 10.7. The van der Waals surface area contributed by atoms with Crippen molar-refractivity contribution < 1.29 is 5.11 Å². The first-order chi connectivity index (χ1) is 10.6. The number of nitrogens with zero attached hydrogens (tertiary/aromatic N) is 3. The Morgan fingerprint density at radius 2 is 1.78 bits per heavy atom. The molecule has 4 nitrogen and oxygen atoms in total. The molecule has 120 valence electrons. The normalized spacial score (nSPS) is 11.8. The van der Waals surface area contributed by atoms with Gasteiger partial charge in [-0.1, -0.05) is 23.8 Å². The summed E-state index contributed by atoms with van der Waals surface area (Å²) in [4.78, 5) is 8.42. The summed E-state index contributed by atoms with van der Waals surface area (Å²) in [5.41, 5.74) is 5.16. The average Bonchev–Trinajstić information content (AvgIpc) is 3.00. The molecule has 5 heteroatoms. The molecule has 1 unspecified atom stereocenters. The van der Waals surface area contributed by atoms with Crippen molar-refractivity contribution in [2.45, 2.75) is 26.9 Å². The van der Waals surface area contributed by atoms with Gasteiger partial charge in [-0.2, -0.15) is 0 Å². The first-order valence-electron chi connectivity index (χ1n) is 7.26. The molecule has 2 aromatic heterocycles. The number of imidazole rings is 1. The van der Waals surface area contributed by atoms with Crippen molar-refractivity contribution in [3.05, 3.63) is 77.0 Å². The van der Waals surface area contributed by atoms with E-state index in [9.17, 15) is 5.11 Å². The second-order valence-electron chi connectivity index (χ2n) is 5.63. The van der Waals surface area contributed by atoms with E-state index in [-0.39, 0.29) is 12.4 Å². The van der Waals surface area contributed by atoms with Crippen LogP contribution in [0.3, 0.4) is 0 Å². The third-order valence-corrected chi connectivity index (χ3v) is 3.87. The Labute approximate surface area is 142 Å². The molecule has 0 aliphatic carbocycles. The number of aliphatic hydroxyl groups excluding tert-OH is 1. The molecule has 3 rings (SSSR count). The Hall–Kier alpha value is -2.17. The van der Waals surface area contributed by atoms with Crippen LogP contribution in [-0.4, -0.2) is 19.6 Å². The van der Waals surface area contributed by atoms with Crippen LogP contribution in [0.25, 0.3) is 5.82 Å². The van der Waals surface area contributed by atoms with Gasteiger partial charge >= 0.3 is 0 Å². The Kier molecular flexibility index (Phi) is 5.19. The molecule has 2 heterocycles. The zero-order valence-electron chi connectivity index (χ0n) is 13.4. The third kappa shape index (κ3) is 3.44. The summed E-state index contributed by atoms with van der Waals surface area (Å²) in [5.74, 6) is 0.783. The van der Waals surface area contributed by atoms with Gasteiger partial charge in [0.15, 0.2) is 0 Å². The molecule has 0 radical (unpaired) electrons. The fourth-order valence-corrected chi connectivity index (χ4v) is 2.90. The highest BCUT2D eigenvalue weighted by Crippen LogP contribution is 2.28. The van der Waals surface area contributed by atoms with Crippen LogP contribution >= 0.6 is 12.4 Å². The summed E-state index contributed by atoms with van der Waals surface area (Å²) in [5, 5.41) is 10.7. The van der Waals surface area contributed by atoms with Gasteiger partial charge in [-0.3, -0.25) is 4.57 Å². The Bertz CT molecular complexity index is 760. The molecule has 0 fully saturated rings. The highest BCUT2D eigenvalue weighted by atomic mass is 35.5. The molecule has 0 spiro atoms. The Morgan fingerprint density at radius 3 is 2.30 bits per heavy atom. The van der Waals surface area contributed by atoms with E-state index in [0.29, 0.717) is 0 Å². The predicted octanol–water partition coefficient (Wildman–Crippen LogP) is 3.70. The van der Waals surface area contributed by atoms with Crippen LogP contribution in [0.2, 0.25) is 0 Å². The van der Waals surface area contributed by atoms with Crippen LogP contribution in [0.5, 0.6) is 0 Å². The van der Waals surface area contributed by atoms with Crippen LogP contribution in [0.15, 0.2) is 49.2 Å². The zero-order valence-corrected chi connectivity index (χ0v) is 14.2. The molecule has 0 amide bonds. The molecule has 1 N–H and O–H groups in total. The molecule has 3 aromatic rings. The molecule has 0 bridgehead atoms. The molecule has 0 aliphatic heterocycles. The standard InChI is InChI=1S/C18H19N3O.ClH/c1-12-8-13(2)17(14(3)9-12)18(22)15-4-5-16(20-10-15)21-7-6-19-11-21;/h4-11,18,22H,1-3H3;1H. The monoisotopic (exact) mass is 329 g/mol. The second-order valence-corrected chi connectivity index (χ2v) is 5.63. The summed E-state index contributed by atoms with van der Waals surface area (Å²) < 4.78 is 1.83. The number of hydrogen-bond acceptors (Lipinski definition) is 3. The topological polar surface area (TPSA) is 50.9 Å². The SMILES string of the molecule is Cc1cc(C)c(C(O)c2ccc(-n3ccnc3)nc2)c(C)c1.Cl. The largest absolute Gasteiger partial charge is 0.384 e. The van der Waals surface area contributed by atoms with Crippen molar-refractivity contribution in [2.75, 3.05) is 0 Å². The number of aliphatic hydroxyl groups is 1. The van der Waals surface area contributed by atoms with Crippen molar-refractivity contribution in [1.82, 2.24) is 14.5 Å². The van der Waals surface area contributed by atoms with Crippen LogP contribution in [0.1, 0.15) is 33.9 Å². The van der Waals surface area contributed by atoms with Crippen molar-refractivity contribution in [1.29, 1.82) is 0 Å². The summed E-state index contributed by atoms with van der Waals surface area (Å²) in [6.45, 7) is 6.13. The Morgan fingerprint density at radius 1 is 1.09 bits per heavy atom. The van der Waals surface area contributed by atoms with Gasteiger partial charge in [0.2, 0.25) is 0 Å². The lowest BCUT2D eigenvalue weighted by atomic mass is 9.92. The first-order valence-corrected chi connectivity index (χ1v) is 7.26. The minimum Gasteiger partial charge on any atom is -0.384 e. The van der Waals surface area contributed by atoms with Gasteiger partial charge < -0.3 is 5.11 Å². The molecule has 0 saturated heterocycles. The van der Waals surface area contributed by atoms with Gasteiger partial charge in [0.05, 0.1) is 0 Å². The summed E-state index contributed by atoms with van der Waals surface area (Å²) in [6, 6.07) is 7.99. The molecule has 0 saturated carbocycles. The second kappa shape index (κ2) is 6.94. The number of aryl methyl sites for hydroxylation is 3. The van der Waals surface area contributed by atoms with E-state index in [4.69, 9.17) is 0 Å². The van der Waals surface area contributed by atoms with Gasteiger partial charge in [0, 0.05) is 24.2 Å². The quantitative estimate of drug-likeness (QED) is 0.797. The van der Waals surface area contributed by atoms with Gasteiger partial charge in [-0.15, -0.1) is 12.4 Å². The minimum atomic E-state index is -0.662. The summed E-state index contributed by atoms with van der Waals surface area (Å²) in [6.07, 6.45) is 6.31. The number of pyridine rings is 1. The smallest absolute Gasteiger partial charge is 0.137 e. The molecular formula is C18H20ClN3O. The number of aromatic nitrogens is 3. The van der Waals surface area contributed by atoms with Gasteiger partial charge in [-0.05, 0) is 43.5 Å². The fraction of sp³-hybridized carbons (Fsp3) is 0.222. The fourth-order valence-electron chi connectivity index (χ4n) is 2.90. The minimum absolute atomic E-state index is 0. The molecule has 0 aliphatic rings. The number of hydrogen-bond donors (Lipinski definition) is 1. The molecular weight excluding hydrogens is 310 g/mol. The van der Waals surface area contributed by atoms with E-state index in [1.807, 2.05) is 36.7 Å². The van der Waals surface area contributed by atoms with Crippen molar-refractivity contribution in [2.24, 2.45) is 0 Å². The van der Waals surface area contributed by atoms with Gasteiger partial charge in [0.1, 0.15) is 18.2 Å². The highest BCUT2D eigenvalue weighted by Gasteiger charge is 2.16. The highest BCUT2D eigenvalue weighted by molar-refractivity contribution is 5.85. The van der Waals surface area contributed by atoms with Crippen molar-refractivity contribution in [3.63, 3.8) is 0 Å². The van der Waals surface area contributed by atoms with Crippen LogP contribution in [0, 0.1) is 20.8 Å². The van der Waals surface area contributed by atoms with Crippen molar-refractivity contribution in [3.8, 4) is 5.82 Å². The average molecular weight is 330 g/mol. The van der Waals surface area contributed by atoms with Crippen molar-refractivity contribution >= 4 is 12.4 Å². The lowest BCUT2D eigenvalue weighted by molar-refractivity contribution is 0.218. The molecule has 23 heavy (non-hydrogen) atoms. The zero-order chi connectivity index (χ0) is 15.7. The van der Waals surface area contributed by atoms with Crippen LogP contribution < -0.4 is 0 Å². The number of benzene rings is 1. The lowest BCUT2D eigenvalue weighted by Crippen LogP contribution is -2.06. The van der Waals surface area contributed by atoms with E-state index in [1.165, 1.54) is 5.56 Å². The molecule has 1 atom stereocenters. The summed E-state index contributed by atoms with van der Waals surface area (Å²) in [7, 11) is 0. The molecule has 1 aromatic carbocycles. The van der Waals surface area contributed by atoms with E-state index < -0.39 is 6.10 Å². The number of halogens is 1. The van der Waals surface area contributed by atoms with E-state index >= 15 is 0 Å². The maximum absolute atomic E-state index is 10.7. The third-order valence-electron chi connectivity index (χ3n) is 3.87. The van der Waals surface area contributed by atoms with Crippen LogP contribution in [0.4, 0.5) is 0 Å². The van der Waals surface area contributed by atoms with Gasteiger partial charge in [-0.25, -0.2) is 9.97 Å². The lowest BCUT2D eigenvalue weighted by Gasteiger charge is -2.18. The van der Waals surface area contributed by atoms with E-state index in [0.717, 1.165) is 28.1 Å². The Balaban J connectivity index is 0.00000192. The number of rotatable bonds is 3. The summed E-state index contributed by atoms with van der Waals surface area (Å²) >= 11 is 0. The van der Waals surface area contributed by atoms with E-state index in [1.54, 1.807) is 18.7 Å². The van der Waals surface area contributed by atoms with Crippen LogP contribution in [-0.2, 0) is 0 Å². The maximum Gasteiger partial charge on any atom is 0.137 e. The van der Waals surface area contributed by atoms with Gasteiger partial charge in [0.25, 0.3) is 0 Å².